The number of methoxy groups -OCH3 is 1. The number of rotatable bonds is 7. The zero-order valence-corrected chi connectivity index (χ0v) is 13.7. The van der Waals surface area contributed by atoms with Gasteiger partial charge in [0.15, 0.2) is 0 Å². The minimum Gasteiger partial charge on any atom is -0.478 e. The molecule has 22 heavy (non-hydrogen) atoms. The quantitative estimate of drug-likeness (QED) is 0.800. The normalized spacial score (nSPS) is 16.3. The molecule has 1 aromatic rings. The van der Waals surface area contributed by atoms with Gasteiger partial charge in [0.05, 0.1) is 23.1 Å². The van der Waals surface area contributed by atoms with Crippen LogP contribution in [-0.4, -0.2) is 38.5 Å². The first-order valence-corrected chi connectivity index (χ1v) is 8.76. The number of aryl methyl sites for hydroxylation is 2. The lowest BCUT2D eigenvalue weighted by Gasteiger charge is -2.17. The Kier molecular flexibility index (Phi) is 4.77. The summed E-state index contributed by atoms with van der Waals surface area (Å²) in [6.45, 7) is 3.59. The lowest BCUT2D eigenvalue weighted by Crippen LogP contribution is -2.29. The molecule has 6 nitrogen and oxygen atoms in total. The fourth-order valence-corrected chi connectivity index (χ4v) is 3.80. The van der Waals surface area contributed by atoms with E-state index < -0.39 is 16.0 Å². The fourth-order valence-electron chi connectivity index (χ4n) is 2.37. The standard InChI is InChI=1S/C15H21NO5S/c1-9-6-12(15(17)18)13(7-10(9)2)16-22(19,20)8-14(21-3)11-4-5-11/h6-7,11,14,16H,4-5,8H2,1-3H3,(H,17,18). The van der Waals surface area contributed by atoms with Crippen molar-refractivity contribution in [2.45, 2.75) is 32.8 Å². The minimum atomic E-state index is -3.67. The predicted octanol–water partition coefficient (Wildman–Crippen LogP) is 2.17. The van der Waals surface area contributed by atoms with Crippen LogP contribution in [0.2, 0.25) is 0 Å². The lowest BCUT2D eigenvalue weighted by molar-refractivity contribution is 0.0698. The maximum Gasteiger partial charge on any atom is 0.337 e. The van der Waals surface area contributed by atoms with Crippen molar-refractivity contribution in [3.8, 4) is 0 Å². The van der Waals surface area contributed by atoms with Crippen LogP contribution in [0.4, 0.5) is 5.69 Å². The van der Waals surface area contributed by atoms with Crippen molar-refractivity contribution in [2.24, 2.45) is 5.92 Å². The zero-order chi connectivity index (χ0) is 16.5. The Hall–Kier alpha value is -1.60. The van der Waals surface area contributed by atoms with Crippen LogP contribution in [0.1, 0.15) is 34.3 Å². The number of carbonyl (C=O) groups is 1. The molecule has 1 aromatic carbocycles. The molecule has 1 saturated carbocycles. The van der Waals surface area contributed by atoms with E-state index in [1.807, 2.05) is 0 Å². The van der Waals surface area contributed by atoms with Gasteiger partial charge in [-0.05, 0) is 55.9 Å². The maximum absolute atomic E-state index is 12.3. The van der Waals surface area contributed by atoms with Crippen molar-refractivity contribution in [1.29, 1.82) is 0 Å². The third-order valence-electron chi connectivity index (χ3n) is 3.96. The molecule has 0 amide bonds. The third kappa shape index (κ3) is 3.98. The summed E-state index contributed by atoms with van der Waals surface area (Å²) in [6.07, 6.45) is 1.59. The molecule has 7 heteroatoms. The van der Waals surface area contributed by atoms with Gasteiger partial charge in [-0.1, -0.05) is 0 Å². The number of carboxylic acid groups (broad SMARTS) is 1. The largest absolute Gasteiger partial charge is 0.478 e. The monoisotopic (exact) mass is 327 g/mol. The number of benzene rings is 1. The van der Waals surface area contributed by atoms with Crippen molar-refractivity contribution >= 4 is 21.7 Å². The molecule has 0 saturated heterocycles. The fraction of sp³-hybridized carbons (Fsp3) is 0.533. The van der Waals surface area contributed by atoms with Gasteiger partial charge < -0.3 is 9.84 Å². The number of hydrogen-bond acceptors (Lipinski definition) is 4. The summed E-state index contributed by atoms with van der Waals surface area (Å²) in [4.78, 5) is 11.3. The van der Waals surface area contributed by atoms with E-state index in [1.165, 1.54) is 13.2 Å². The Bertz CT molecular complexity index is 679. The highest BCUT2D eigenvalue weighted by molar-refractivity contribution is 7.92. The van der Waals surface area contributed by atoms with Gasteiger partial charge in [-0.2, -0.15) is 0 Å². The van der Waals surface area contributed by atoms with E-state index in [4.69, 9.17) is 4.74 Å². The van der Waals surface area contributed by atoms with Crippen LogP contribution >= 0.6 is 0 Å². The summed E-state index contributed by atoms with van der Waals surface area (Å²) in [5.74, 6) is -1.05. The van der Waals surface area contributed by atoms with E-state index in [2.05, 4.69) is 4.72 Å². The van der Waals surface area contributed by atoms with E-state index >= 15 is 0 Å². The first-order valence-electron chi connectivity index (χ1n) is 7.11. The first-order chi connectivity index (χ1) is 10.2. The molecular formula is C15H21NO5S. The third-order valence-corrected chi connectivity index (χ3v) is 5.26. The van der Waals surface area contributed by atoms with Crippen LogP contribution in [0.5, 0.6) is 0 Å². The molecule has 0 radical (unpaired) electrons. The molecule has 1 aliphatic rings. The molecule has 0 heterocycles. The number of aromatic carboxylic acids is 1. The van der Waals surface area contributed by atoms with Gasteiger partial charge in [0.2, 0.25) is 10.0 Å². The summed E-state index contributed by atoms with van der Waals surface area (Å²) in [5.41, 5.74) is 1.68. The van der Waals surface area contributed by atoms with Crippen molar-refractivity contribution in [2.75, 3.05) is 17.6 Å². The minimum absolute atomic E-state index is 0.0490. The number of sulfonamides is 1. The number of carboxylic acids is 1. The molecule has 1 atom stereocenters. The molecule has 2 rings (SSSR count). The number of ether oxygens (including phenoxy) is 1. The van der Waals surface area contributed by atoms with Crippen molar-refractivity contribution in [1.82, 2.24) is 0 Å². The van der Waals surface area contributed by atoms with Crippen LogP contribution in [0, 0.1) is 19.8 Å². The SMILES string of the molecule is COC(CS(=O)(=O)Nc1cc(C)c(C)cc1C(=O)O)C1CC1. The van der Waals surface area contributed by atoms with E-state index in [1.54, 1.807) is 19.9 Å². The first kappa shape index (κ1) is 16.8. The number of nitrogens with one attached hydrogen (secondary N) is 1. The van der Waals surface area contributed by atoms with Gasteiger partial charge in [-0.3, -0.25) is 4.72 Å². The van der Waals surface area contributed by atoms with Crippen LogP contribution in [-0.2, 0) is 14.8 Å². The summed E-state index contributed by atoms with van der Waals surface area (Å²) in [6, 6.07) is 3.03. The average molecular weight is 327 g/mol. The summed E-state index contributed by atoms with van der Waals surface area (Å²) in [7, 11) is -2.18. The van der Waals surface area contributed by atoms with E-state index in [0.717, 1.165) is 24.0 Å². The highest BCUT2D eigenvalue weighted by Crippen LogP contribution is 2.35. The Balaban J connectivity index is 2.24. The number of hydrogen-bond donors (Lipinski definition) is 2. The molecule has 0 spiro atoms. The molecule has 2 N–H and O–H groups in total. The van der Waals surface area contributed by atoms with Gasteiger partial charge in [-0.25, -0.2) is 13.2 Å². The Labute approximate surface area is 130 Å². The van der Waals surface area contributed by atoms with E-state index in [0.29, 0.717) is 0 Å². The second kappa shape index (κ2) is 6.26. The average Bonchev–Trinajstić information content (AvgIpc) is 3.23. The lowest BCUT2D eigenvalue weighted by atomic mass is 10.0. The molecule has 1 fully saturated rings. The van der Waals surface area contributed by atoms with Gasteiger partial charge in [0, 0.05) is 7.11 Å². The van der Waals surface area contributed by atoms with Crippen molar-refractivity contribution in [3.05, 3.63) is 28.8 Å². The van der Waals surface area contributed by atoms with Crippen molar-refractivity contribution in [3.63, 3.8) is 0 Å². The van der Waals surface area contributed by atoms with E-state index in [9.17, 15) is 18.3 Å². The van der Waals surface area contributed by atoms with E-state index in [-0.39, 0.29) is 29.0 Å². The van der Waals surface area contributed by atoms with Gasteiger partial charge in [0.1, 0.15) is 0 Å². The Morgan fingerprint density at radius 1 is 1.36 bits per heavy atom. The highest BCUT2D eigenvalue weighted by atomic mass is 32.2. The Morgan fingerprint density at radius 2 is 1.95 bits per heavy atom. The Morgan fingerprint density at radius 3 is 2.45 bits per heavy atom. The molecular weight excluding hydrogens is 306 g/mol. The van der Waals surface area contributed by atoms with Gasteiger partial charge >= 0.3 is 5.97 Å². The maximum atomic E-state index is 12.3. The molecule has 0 aromatic heterocycles. The smallest absolute Gasteiger partial charge is 0.337 e. The van der Waals surface area contributed by atoms with Gasteiger partial charge in [0.25, 0.3) is 0 Å². The van der Waals surface area contributed by atoms with Gasteiger partial charge in [-0.15, -0.1) is 0 Å². The molecule has 122 valence electrons. The topological polar surface area (TPSA) is 92.7 Å². The number of anilines is 1. The van der Waals surface area contributed by atoms with Crippen LogP contribution in [0.3, 0.4) is 0 Å². The molecule has 0 bridgehead atoms. The highest BCUT2D eigenvalue weighted by Gasteiger charge is 2.34. The molecule has 0 aliphatic heterocycles. The second-order valence-corrected chi connectivity index (χ2v) is 7.55. The van der Waals surface area contributed by atoms with Crippen LogP contribution in [0.25, 0.3) is 0 Å². The summed E-state index contributed by atoms with van der Waals surface area (Å²) < 4.78 is 32.2. The molecule has 1 unspecified atom stereocenters. The van der Waals surface area contributed by atoms with Crippen LogP contribution in [0.15, 0.2) is 12.1 Å². The van der Waals surface area contributed by atoms with Crippen molar-refractivity contribution < 1.29 is 23.1 Å². The predicted molar refractivity (Wildman–Crippen MR) is 83.8 cm³/mol. The second-order valence-electron chi connectivity index (χ2n) is 5.78. The molecule has 1 aliphatic carbocycles. The summed E-state index contributed by atoms with van der Waals surface area (Å²) in [5, 5.41) is 9.24. The van der Waals surface area contributed by atoms with Crippen LogP contribution < -0.4 is 4.72 Å². The zero-order valence-electron chi connectivity index (χ0n) is 12.9. The summed E-state index contributed by atoms with van der Waals surface area (Å²) >= 11 is 0.